The van der Waals surface area contributed by atoms with E-state index in [1.165, 1.54) is 77.0 Å². The summed E-state index contributed by atoms with van der Waals surface area (Å²) in [7, 11) is 1.31. The van der Waals surface area contributed by atoms with E-state index in [2.05, 4.69) is 34.9 Å². The largest absolute Gasteiger partial charge is 1.00 e. The lowest BCUT2D eigenvalue weighted by Crippen LogP contribution is -3.00. The zero-order valence-corrected chi connectivity index (χ0v) is 28.1. The van der Waals surface area contributed by atoms with E-state index in [0.29, 0.717) is 5.92 Å². The topological polar surface area (TPSA) is 88.4 Å². The molecule has 1 unspecified atom stereocenters. The van der Waals surface area contributed by atoms with E-state index in [9.17, 15) is 15.3 Å². The summed E-state index contributed by atoms with van der Waals surface area (Å²) in [6, 6.07) is 0. The van der Waals surface area contributed by atoms with Crippen LogP contribution in [0.15, 0.2) is 0 Å². The number of unbranched alkanes of at least 4 members (excludes halogenated alkanes) is 12. The first-order chi connectivity index (χ1) is 18.3. The third kappa shape index (κ3) is 22.5. The summed E-state index contributed by atoms with van der Waals surface area (Å²) in [5, 5.41) is 28.5. The van der Waals surface area contributed by atoms with Gasteiger partial charge in [-0.3, -0.25) is 0 Å². The van der Waals surface area contributed by atoms with Crippen LogP contribution >= 0.6 is 0 Å². The van der Waals surface area contributed by atoms with Crippen molar-refractivity contribution in [2.24, 2.45) is 5.92 Å². The number of rotatable bonds is 29. The Hall–Kier alpha value is 0.227. The molecule has 7 nitrogen and oxygen atoms in total. The average molecular weight is 600 g/mol. The van der Waals surface area contributed by atoms with Crippen LogP contribution in [0.2, 0.25) is 5.54 Å². The van der Waals surface area contributed by atoms with Crippen molar-refractivity contribution < 1.29 is 45.5 Å². The highest BCUT2D eigenvalue weighted by Gasteiger charge is 2.49. The van der Waals surface area contributed by atoms with Crippen molar-refractivity contribution in [3.8, 4) is 0 Å². The smallest absolute Gasteiger partial charge is 0.504 e. The minimum absolute atomic E-state index is 0. The van der Waals surface area contributed by atoms with Gasteiger partial charge in [-0.1, -0.05) is 104 Å². The normalized spacial score (nSPS) is 13.2. The van der Waals surface area contributed by atoms with Gasteiger partial charge >= 0.3 is 8.80 Å². The number of halogens is 1. The van der Waals surface area contributed by atoms with Crippen molar-refractivity contribution in [2.75, 3.05) is 66.8 Å². The van der Waals surface area contributed by atoms with Gasteiger partial charge in [-0.05, 0) is 6.42 Å². The molecular weight excluding hydrogens is 534 g/mol. The molecule has 0 aromatic heterocycles. The molecular formula is C30H66ClNO6Si. The molecule has 0 aliphatic carbocycles. The summed E-state index contributed by atoms with van der Waals surface area (Å²) in [4.78, 5) is 0. The lowest BCUT2D eigenvalue weighted by atomic mass is 10.0. The second-order valence-corrected chi connectivity index (χ2v) is 15.0. The van der Waals surface area contributed by atoms with Crippen molar-refractivity contribution in [3.63, 3.8) is 0 Å². The van der Waals surface area contributed by atoms with E-state index < -0.39 is 8.80 Å². The molecule has 1 atom stereocenters. The molecule has 39 heavy (non-hydrogen) atoms. The molecule has 0 aliphatic heterocycles. The number of quaternary nitrogens is 1. The van der Waals surface area contributed by atoms with E-state index in [4.69, 9.17) is 13.3 Å². The van der Waals surface area contributed by atoms with Crippen LogP contribution in [0.1, 0.15) is 117 Å². The standard InChI is InChI=1S/C30H66NO6Si.ClH/c1-6-7-8-9-10-11-12-13-14-15-16-17-18-19-30(20-21-31(4,5)28-29(2)3)38(35-25-22-32,36-26-23-33)37-27-24-34;/h29-30,32-34H,6-28H2,1-5H3;1H/q+1;/p-1. The fourth-order valence-electron chi connectivity index (χ4n) is 5.53. The summed E-state index contributed by atoms with van der Waals surface area (Å²) in [5.74, 6) is 0.605. The molecule has 0 radical (unpaired) electrons. The summed E-state index contributed by atoms with van der Waals surface area (Å²) >= 11 is 0. The molecule has 0 saturated carbocycles. The predicted molar refractivity (Wildman–Crippen MR) is 160 cm³/mol. The van der Waals surface area contributed by atoms with Gasteiger partial charge in [0.05, 0.1) is 66.8 Å². The molecule has 0 fully saturated rings. The second-order valence-electron chi connectivity index (χ2n) is 12.1. The lowest BCUT2D eigenvalue weighted by Gasteiger charge is -2.38. The fraction of sp³-hybridized carbons (Fsp3) is 1.00. The quantitative estimate of drug-likeness (QED) is 0.0696. The van der Waals surface area contributed by atoms with Crippen LogP contribution in [0.5, 0.6) is 0 Å². The van der Waals surface area contributed by atoms with Crippen LogP contribution in [-0.4, -0.2) is 95.4 Å². The third-order valence-corrected chi connectivity index (χ3v) is 10.7. The molecule has 0 aliphatic rings. The monoisotopic (exact) mass is 599 g/mol. The van der Waals surface area contributed by atoms with Gasteiger partial charge in [0.2, 0.25) is 0 Å². The summed E-state index contributed by atoms with van der Waals surface area (Å²) in [6.07, 6.45) is 19.0. The van der Waals surface area contributed by atoms with Crippen LogP contribution < -0.4 is 12.4 Å². The number of nitrogens with zero attached hydrogens (tertiary/aromatic N) is 1. The molecule has 0 spiro atoms. The van der Waals surface area contributed by atoms with Gasteiger partial charge in [-0.25, -0.2) is 0 Å². The van der Waals surface area contributed by atoms with Gasteiger partial charge in [0, 0.05) is 17.9 Å². The number of aliphatic hydroxyl groups excluding tert-OH is 3. The molecule has 0 amide bonds. The van der Waals surface area contributed by atoms with Crippen molar-refractivity contribution in [2.45, 2.75) is 123 Å². The van der Waals surface area contributed by atoms with Crippen molar-refractivity contribution in [1.29, 1.82) is 0 Å². The molecule has 238 valence electrons. The van der Waals surface area contributed by atoms with E-state index >= 15 is 0 Å². The highest BCUT2D eigenvalue weighted by atomic mass is 35.5. The summed E-state index contributed by atoms with van der Waals surface area (Å²) in [5.41, 5.74) is 0.0735. The molecule has 9 heteroatoms. The van der Waals surface area contributed by atoms with Crippen molar-refractivity contribution in [3.05, 3.63) is 0 Å². The van der Waals surface area contributed by atoms with Crippen LogP contribution in [0.3, 0.4) is 0 Å². The first kappa shape index (κ1) is 41.4. The number of hydrogen-bond donors (Lipinski definition) is 3. The maximum absolute atomic E-state index is 9.50. The van der Waals surface area contributed by atoms with Crippen LogP contribution in [0.25, 0.3) is 0 Å². The molecule has 0 saturated heterocycles. The Morgan fingerprint density at radius 2 is 1.00 bits per heavy atom. The average Bonchev–Trinajstić information content (AvgIpc) is 2.87. The van der Waals surface area contributed by atoms with Gasteiger partial charge < -0.3 is 45.5 Å². The molecule has 0 heterocycles. The fourth-order valence-corrected chi connectivity index (χ4v) is 8.66. The minimum Gasteiger partial charge on any atom is -1.00 e. The summed E-state index contributed by atoms with van der Waals surface area (Å²) < 4.78 is 19.4. The molecule has 0 rings (SSSR count). The Bertz CT molecular complexity index is 494. The first-order valence-corrected chi connectivity index (χ1v) is 17.6. The van der Waals surface area contributed by atoms with Crippen LogP contribution in [0, 0.1) is 5.92 Å². The van der Waals surface area contributed by atoms with Crippen LogP contribution in [-0.2, 0) is 13.3 Å². The highest BCUT2D eigenvalue weighted by molar-refractivity contribution is 6.62. The van der Waals surface area contributed by atoms with Gasteiger partial charge in [-0.15, -0.1) is 0 Å². The van der Waals surface area contributed by atoms with Gasteiger partial charge in [0.1, 0.15) is 0 Å². The van der Waals surface area contributed by atoms with E-state index in [1.54, 1.807) is 0 Å². The lowest BCUT2D eigenvalue weighted by molar-refractivity contribution is -0.893. The number of aliphatic hydroxyl groups is 3. The van der Waals surface area contributed by atoms with Gasteiger partial charge in [0.15, 0.2) is 0 Å². The highest BCUT2D eigenvalue weighted by Crippen LogP contribution is 2.35. The molecule has 0 aromatic carbocycles. The molecule has 0 bridgehead atoms. The number of hydrogen-bond acceptors (Lipinski definition) is 6. The second kappa shape index (κ2) is 27.1. The van der Waals surface area contributed by atoms with E-state index in [1.807, 2.05) is 0 Å². The van der Waals surface area contributed by atoms with E-state index in [-0.39, 0.29) is 57.6 Å². The third-order valence-electron chi connectivity index (χ3n) is 7.28. The Labute approximate surface area is 249 Å². The minimum atomic E-state index is -3.22. The Morgan fingerprint density at radius 1 is 0.615 bits per heavy atom. The van der Waals surface area contributed by atoms with Gasteiger partial charge in [-0.2, -0.15) is 0 Å². The Kier molecular flexibility index (Phi) is 28.7. The van der Waals surface area contributed by atoms with E-state index in [0.717, 1.165) is 36.8 Å². The molecule has 3 N–H and O–H groups in total. The maximum Gasteiger partial charge on any atom is 0.504 e. The van der Waals surface area contributed by atoms with Crippen molar-refractivity contribution >= 4 is 8.80 Å². The van der Waals surface area contributed by atoms with Crippen LogP contribution in [0.4, 0.5) is 0 Å². The Balaban J connectivity index is 0. The molecule has 0 aromatic rings. The zero-order valence-electron chi connectivity index (χ0n) is 26.3. The zero-order chi connectivity index (χ0) is 28.5. The Morgan fingerprint density at radius 3 is 1.36 bits per heavy atom. The van der Waals surface area contributed by atoms with Gasteiger partial charge in [0.25, 0.3) is 0 Å². The predicted octanol–water partition coefficient (Wildman–Crippen LogP) is 2.93. The maximum atomic E-state index is 9.50. The SMILES string of the molecule is CCCCCCCCCCCCCCCC(CC[N+](C)(C)CC(C)C)[Si](OCCO)(OCCO)OCCO.[Cl-]. The first-order valence-electron chi connectivity index (χ1n) is 15.8. The summed E-state index contributed by atoms with van der Waals surface area (Å²) in [6.45, 7) is 8.93. The van der Waals surface area contributed by atoms with Crippen molar-refractivity contribution in [1.82, 2.24) is 0 Å².